The summed E-state index contributed by atoms with van der Waals surface area (Å²) >= 11 is 3.42. The Morgan fingerprint density at radius 2 is 2.00 bits per heavy atom. The fourth-order valence-corrected chi connectivity index (χ4v) is 2.39. The minimum absolute atomic E-state index is 0.643. The third kappa shape index (κ3) is 3.09. The van der Waals surface area contributed by atoms with Crippen LogP contribution in [0.3, 0.4) is 0 Å². The van der Waals surface area contributed by atoms with Crippen molar-refractivity contribution >= 4 is 21.6 Å². The van der Waals surface area contributed by atoms with E-state index in [0.29, 0.717) is 12.4 Å². The van der Waals surface area contributed by atoms with Gasteiger partial charge in [-0.05, 0) is 42.9 Å². The molecule has 0 atom stereocenters. The number of nitrogens with one attached hydrogen (secondary N) is 1. The number of rotatable bonds is 5. The van der Waals surface area contributed by atoms with Crippen LogP contribution in [0.2, 0.25) is 0 Å². The van der Waals surface area contributed by atoms with Crippen LogP contribution in [-0.2, 0) is 6.54 Å². The topological polar surface area (TPSA) is 38.6 Å². The average Bonchev–Trinajstić information content (AvgIpc) is 2.85. The van der Waals surface area contributed by atoms with Crippen LogP contribution in [0.1, 0.15) is 12.6 Å². The third-order valence-electron chi connectivity index (χ3n) is 3.16. The molecule has 4 nitrogen and oxygen atoms in total. The lowest BCUT2D eigenvalue weighted by Crippen LogP contribution is -2.14. The Hall–Kier alpha value is -1.85. The van der Waals surface area contributed by atoms with E-state index in [-0.39, 0.29) is 0 Å². The highest BCUT2D eigenvalue weighted by molar-refractivity contribution is 9.10. The number of benzene rings is 1. The van der Waals surface area contributed by atoms with Gasteiger partial charge in [-0.3, -0.25) is 4.40 Å². The smallest absolute Gasteiger partial charge is 0.242 e. The van der Waals surface area contributed by atoms with Crippen molar-refractivity contribution in [2.24, 2.45) is 0 Å². The molecule has 108 valence electrons. The lowest BCUT2D eigenvalue weighted by Gasteiger charge is -2.07. The van der Waals surface area contributed by atoms with Gasteiger partial charge in [-0.1, -0.05) is 28.9 Å². The van der Waals surface area contributed by atoms with Crippen molar-refractivity contribution in [3.8, 4) is 11.6 Å². The number of imidazole rings is 1. The molecule has 1 aromatic carbocycles. The zero-order valence-electron chi connectivity index (χ0n) is 11.7. The Bertz CT molecular complexity index is 737. The molecular formula is C16H16BrN3O. The van der Waals surface area contributed by atoms with Crippen molar-refractivity contribution in [2.45, 2.75) is 13.5 Å². The number of ether oxygens (including phenoxy) is 1. The summed E-state index contributed by atoms with van der Waals surface area (Å²) in [6.45, 7) is 3.70. The van der Waals surface area contributed by atoms with Crippen LogP contribution in [-0.4, -0.2) is 15.9 Å². The lowest BCUT2D eigenvalue weighted by molar-refractivity contribution is 0.456. The highest BCUT2D eigenvalue weighted by Crippen LogP contribution is 2.26. The van der Waals surface area contributed by atoms with Crippen LogP contribution >= 0.6 is 15.9 Å². The van der Waals surface area contributed by atoms with E-state index in [2.05, 4.69) is 37.6 Å². The summed E-state index contributed by atoms with van der Waals surface area (Å²) < 4.78 is 9.03. The van der Waals surface area contributed by atoms with Crippen LogP contribution < -0.4 is 10.1 Å². The van der Waals surface area contributed by atoms with Crippen molar-refractivity contribution in [3.63, 3.8) is 0 Å². The first-order valence-electron chi connectivity index (χ1n) is 6.88. The quantitative estimate of drug-likeness (QED) is 0.759. The molecule has 21 heavy (non-hydrogen) atoms. The highest BCUT2D eigenvalue weighted by atomic mass is 79.9. The number of hydrogen-bond donors (Lipinski definition) is 1. The largest absolute Gasteiger partial charge is 0.437 e. The highest BCUT2D eigenvalue weighted by Gasteiger charge is 2.13. The van der Waals surface area contributed by atoms with Gasteiger partial charge < -0.3 is 10.1 Å². The molecule has 0 bridgehead atoms. The van der Waals surface area contributed by atoms with E-state index >= 15 is 0 Å². The van der Waals surface area contributed by atoms with Crippen molar-refractivity contribution < 1.29 is 4.74 Å². The fraction of sp³-hybridized carbons (Fsp3) is 0.188. The molecule has 0 fully saturated rings. The molecule has 0 aliphatic rings. The van der Waals surface area contributed by atoms with Crippen LogP contribution in [0, 0.1) is 0 Å². The van der Waals surface area contributed by atoms with E-state index in [0.717, 1.165) is 28.1 Å². The molecule has 0 saturated carbocycles. The second-order valence-corrected chi connectivity index (χ2v) is 5.54. The molecular weight excluding hydrogens is 330 g/mol. The first-order valence-corrected chi connectivity index (χ1v) is 7.67. The molecule has 3 aromatic rings. The number of aromatic nitrogens is 2. The summed E-state index contributed by atoms with van der Waals surface area (Å²) in [6.07, 6.45) is 2.00. The minimum atomic E-state index is 0.643. The van der Waals surface area contributed by atoms with Gasteiger partial charge in [0.15, 0.2) is 0 Å². The van der Waals surface area contributed by atoms with Crippen LogP contribution in [0.25, 0.3) is 5.65 Å². The number of pyridine rings is 1. The van der Waals surface area contributed by atoms with Crippen molar-refractivity contribution in [1.29, 1.82) is 0 Å². The number of nitrogens with zero attached hydrogens (tertiary/aromatic N) is 2. The Labute approximate surface area is 131 Å². The predicted octanol–water partition coefficient (Wildman–Crippen LogP) is 4.00. The van der Waals surface area contributed by atoms with Gasteiger partial charge >= 0.3 is 0 Å². The molecule has 0 radical (unpaired) electrons. The van der Waals surface area contributed by atoms with Gasteiger partial charge in [0.1, 0.15) is 17.1 Å². The summed E-state index contributed by atoms with van der Waals surface area (Å²) in [4.78, 5) is 4.57. The van der Waals surface area contributed by atoms with Gasteiger partial charge in [0, 0.05) is 17.2 Å². The number of fused-ring (bicyclic) bond motifs is 1. The van der Waals surface area contributed by atoms with Gasteiger partial charge in [-0.25, -0.2) is 0 Å². The zero-order valence-corrected chi connectivity index (χ0v) is 13.3. The normalized spacial score (nSPS) is 11.0. The van der Waals surface area contributed by atoms with Crippen molar-refractivity contribution in [2.75, 3.05) is 6.54 Å². The van der Waals surface area contributed by atoms with Crippen LogP contribution in [0.5, 0.6) is 11.6 Å². The summed E-state index contributed by atoms with van der Waals surface area (Å²) in [5.74, 6) is 1.42. The molecule has 0 aliphatic heterocycles. The molecule has 0 spiro atoms. The molecule has 0 unspecified atom stereocenters. The van der Waals surface area contributed by atoms with E-state index in [1.807, 2.05) is 48.7 Å². The number of hydrogen-bond acceptors (Lipinski definition) is 3. The summed E-state index contributed by atoms with van der Waals surface area (Å²) in [5.41, 5.74) is 1.91. The molecule has 2 aromatic heterocycles. The monoisotopic (exact) mass is 345 g/mol. The van der Waals surface area contributed by atoms with Crippen molar-refractivity contribution in [1.82, 2.24) is 14.7 Å². The van der Waals surface area contributed by atoms with Crippen LogP contribution in [0.4, 0.5) is 0 Å². The predicted molar refractivity (Wildman–Crippen MR) is 86.8 cm³/mol. The van der Waals surface area contributed by atoms with Gasteiger partial charge in [-0.2, -0.15) is 4.98 Å². The minimum Gasteiger partial charge on any atom is -0.437 e. The van der Waals surface area contributed by atoms with E-state index in [4.69, 9.17) is 4.74 Å². The van der Waals surface area contributed by atoms with E-state index < -0.39 is 0 Å². The maximum atomic E-state index is 5.95. The molecule has 5 heteroatoms. The summed E-state index contributed by atoms with van der Waals surface area (Å²) in [5, 5.41) is 3.33. The maximum absolute atomic E-state index is 5.95. The molecule has 1 N–H and O–H groups in total. The lowest BCUT2D eigenvalue weighted by atomic mass is 10.3. The van der Waals surface area contributed by atoms with Crippen molar-refractivity contribution in [3.05, 3.63) is 58.8 Å². The van der Waals surface area contributed by atoms with Gasteiger partial charge in [-0.15, -0.1) is 0 Å². The third-order valence-corrected chi connectivity index (χ3v) is 3.69. The standard InChI is InChI=1S/C16H16BrN3O/c1-2-18-11-14-16(19-15-5-3-4-10-20(14)15)21-13-8-6-12(17)7-9-13/h3-10,18H,2,11H2,1H3. The van der Waals surface area contributed by atoms with E-state index in [1.165, 1.54) is 0 Å². The second kappa shape index (κ2) is 6.28. The van der Waals surface area contributed by atoms with Gasteiger partial charge in [0.2, 0.25) is 5.88 Å². The molecule has 0 aliphatic carbocycles. The summed E-state index contributed by atoms with van der Waals surface area (Å²) in [6, 6.07) is 13.7. The maximum Gasteiger partial charge on any atom is 0.242 e. The van der Waals surface area contributed by atoms with Crippen LogP contribution in [0.15, 0.2) is 53.1 Å². The molecule has 2 heterocycles. The Balaban J connectivity index is 1.97. The van der Waals surface area contributed by atoms with E-state index in [9.17, 15) is 0 Å². The summed E-state index contributed by atoms with van der Waals surface area (Å²) in [7, 11) is 0. The Morgan fingerprint density at radius 3 is 2.76 bits per heavy atom. The first kappa shape index (κ1) is 14.1. The SMILES string of the molecule is CCNCc1c(Oc2ccc(Br)cc2)nc2ccccn12. The Kier molecular flexibility index (Phi) is 4.22. The van der Waals surface area contributed by atoms with E-state index in [1.54, 1.807) is 0 Å². The van der Waals surface area contributed by atoms with Gasteiger partial charge in [0.25, 0.3) is 0 Å². The molecule has 3 rings (SSSR count). The van der Waals surface area contributed by atoms with Gasteiger partial charge in [0.05, 0.1) is 0 Å². The second-order valence-electron chi connectivity index (χ2n) is 4.63. The first-order chi connectivity index (χ1) is 10.3. The fourth-order valence-electron chi connectivity index (χ4n) is 2.13. The number of halogens is 1. The zero-order chi connectivity index (χ0) is 14.7. The Morgan fingerprint density at radius 1 is 1.19 bits per heavy atom. The molecule has 0 saturated heterocycles. The average molecular weight is 346 g/mol. The molecule has 0 amide bonds.